The van der Waals surface area contributed by atoms with Gasteiger partial charge in [0.2, 0.25) is 5.76 Å². The molecule has 0 aliphatic carbocycles. The van der Waals surface area contributed by atoms with Crippen molar-refractivity contribution in [3.8, 4) is 5.75 Å². The lowest BCUT2D eigenvalue weighted by Gasteiger charge is -2.25. The number of anilines is 1. The summed E-state index contributed by atoms with van der Waals surface area (Å²) in [6.45, 7) is 2.64. The van der Waals surface area contributed by atoms with Gasteiger partial charge in [0.1, 0.15) is 17.1 Å². The minimum absolute atomic E-state index is 0.0635. The van der Waals surface area contributed by atoms with Gasteiger partial charge in [-0.3, -0.25) is 14.5 Å². The molecule has 172 valence electrons. The zero-order chi connectivity index (χ0) is 23.8. The van der Waals surface area contributed by atoms with Gasteiger partial charge < -0.3 is 9.15 Å². The lowest BCUT2D eigenvalue weighted by Crippen LogP contribution is -2.29. The molecule has 7 heteroatoms. The number of halogens is 2. The topological polar surface area (TPSA) is 59.8 Å². The Labute approximate surface area is 200 Å². The van der Waals surface area contributed by atoms with E-state index >= 15 is 0 Å². The fourth-order valence-corrected chi connectivity index (χ4v) is 4.45. The maximum atomic E-state index is 14.0. The van der Waals surface area contributed by atoms with Crippen molar-refractivity contribution >= 4 is 34.2 Å². The zero-order valence-electron chi connectivity index (χ0n) is 18.4. The van der Waals surface area contributed by atoms with Gasteiger partial charge in [-0.2, -0.15) is 0 Å². The van der Waals surface area contributed by atoms with Crippen LogP contribution < -0.4 is 15.1 Å². The van der Waals surface area contributed by atoms with E-state index in [0.717, 1.165) is 18.9 Å². The lowest BCUT2D eigenvalue weighted by atomic mass is 9.98. The Morgan fingerprint density at radius 3 is 2.68 bits per heavy atom. The molecule has 1 aliphatic heterocycles. The molecule has 0 fully saturated rings. The third kappa shape index (κ3) is 3.84. The number of unbranched alkanes of at least 4 members (excludes halogenated alkanes) is 1. The Morgan fingerprint density at radius 1 is 1.06 bits per heavy atom. The van der Waals surface area contributed by atoms with Gasteiger partial charge in [0.25, 0.3) is 5.91 Å². The largest absolute Gasteiger partial charge is 0.494 e. The molecule has 1 atom stereocenters. The average molecular weight is 478 g/mol. The third-order valence-electron chi connectivity index (χ3n) is 5.86. The van der Waals surface area contributed by atoms with E-state index in [-0.39, 0.29) is 22.3 Å². The Hall–Kier alpha value is -3.64. The van der Waals surface area contributed by atoms with Gasteiger partial charge >= 0.3 is 0 Å². The van der Waals surface area contributed by atoms with Gasteiger partial charge in [0, 0.05) is 10.7 Å². The fourth-order valence-electron chi connectivity index (χ4n) is 4.26. The first-order valence-corrected chi connectivity index (χ1v) is 11.4. The van der Waals surface area contributed by atoms with E-state index in [4.69, 9.17) is 20.8 Å². The van der Waals surface area contributed by atoms with Crippen LogP contribution in [-0.4, -0.2) is 12.5 Å². The van der Waals surface area contributed by atoms with Crippen LogP contribution in [0.3, 0.4) is 0 Å². The van der Waals surface area contributed by atoms with Crippen molar-refractivity contribution in [3.05, 3.63) is 105 Å². The lowest BCUT2D eigenvalue weighted by molar-refractivity contribution is 0.0971. The van der Waals surface area contributed by atoms with Crippen LogP contribution in [0.5, 0.6) is 5.75 Å². The summed E-state index contributed by atoms with van der Waals surface area (Å²) in [5.74, 6) is -0.456. The molecule has 0 radical (unpaired) electrons. The Kier molecular flexibility index (Phi) is 5.84. The number of carbonyl (C=O) groups is 1. The van der Waals surface area contributed by atoms with Crippen LogP contribution in [0.2, 0.25) is 5.02 Å². The van der Waals surface area contributed by atoms with Crippen LogP contribution in [0.4, 0.5) is 10.1 Å². The molecule has 5 rings (SSSR count). The third-order valence-corrected chi connectivity index (χ3v) is 6.09. The highest BCUT2D eigenvalue weighted by Gasteiger charge is 2.43. The second kappa shape index (κ2) is 8.95. The quantitative estimate of drug-likeness (QED) is 0.297. The maximum Gasteiger partial charge on any atom is 0.295 e. The summed E-state index contributed by atoms with van der Waals surface area (Å²) in [6.07, 6.45) is 1.90. The monoisotopic (exact) mass is 477 g/mol. The molecule has 1 aromatic heterocycles. The number of nitrogens with zero attached hydrogens (tertiary/aromatic N) is 1. The van der Waals surface area contributed by atoms with Crippen LogP contribution >= 0.6 is 11.6 Å². The summed E-state index contributed by atoms with van der Waals surface area (Å²) in [7, 11) is 0. The zero-order valence-corrected chi connectivity index (χ0v) is 19.1. The van der Waals surface area contributed by atoms with Gasteiger partial charge in [0.05, 0.1) is 23.6 Å². The molecule has 2 heterocycles. The molecule has 1 amide bonds. The molecule has 1 unspecified atom stereocenters. The second-order valence-corrected chi connectivity index (χ2v) is 8.58. The van der Waals surface area contributed by atoms with Gasteiger partial charge in [-0.1, -0.05) is 43.1 Å². The molecule has 3 aromatic carbocycles. The van der Waals surface area contributed by atoms with Crippen LogP contribution in [0.1, 0.15) is 47.5 Å². The van der Waals surface area contributed by atoms with Crippen molar-refractivity contribution in [1.29, 1.82) is 0 Å². The molecule has 0 N–H and O–H groups in total. The van der Waals surface area contributed by atoms with E-state index in [1.54, 1.807) is 24.3 Å². The first-order valence-electron chi connectivity index (χ1n) is 11.1. The SMILES string of the molecule is CCCCOc1cccc(C2c3c(oc4ccc(F)cc4c3=O)C(=O)N2c2cccc(Cl)c2)c1. The molecular weight excluding hydrogens is 457 g/mol. The van der Waals surface area contributed by atoms with E-state index in [1.807, 2.05) is 24.3 Å². The van der Waals surface area contributed by atoms with Crippen molar-refractivity contribution in [3.63, 3.8) is 0 Å². The van der Waals surface area contributed by atoms with Gasteiger partial charge in [-0.15, -0.1) is 0 Å². The summed E-state index contributed by atoms with van der Waals surface area (Å²) in [5, 5.41) is 0.531. The number of rotatable bonds is 6. The fraction of sp³-hybridized carbons (Fsp3) is 0.185. The van der Waals surface area contributed by atoms with Crippen molar-refractivity contribution in [2.45, 2.75) is 25.8 Å². The second-order valence-electron chi connectivity index (χ2n) is 8.15. The summed E-state index contributed by atoms with van der Waals surface area (Å²) < 4.78 is 25.7. The molecule has 0 saturated carbocycles. The molecule has 4 aromatic rings. The predicted molar refractivity (Wildman–Crippen MR) is 129 cm³/mol. The summed E-state index contributed by atoms with van der Waals surface area (Å²) >= 11 is 6.22. The maximum absolute atomic E-state index is 14.0. The van der Waals surface area contributed by atoms with Crippen molar-refractivity contribution in [2.75, 3.05) is 11.5 Å². The van der Waals surface area contributed by atoms with Crippen LogP contribution in [-0.2, 0) is 0 Å². The highest BCUT2D eigenvalue weighted by atomic mass is 35.5. The summed E-state index contributed by atoms with van der Waals surface area (Å²) in [5.41, 5.74) is 1.05. The minimum atomic E-state index is -0.792. The van der Waals surface area contributed by atoms with Crippen molar-refractivity contribution < 1.29 is 18.3 Å². The summed E-state index contributed by atoms with van der Waals surface area (Å²) in [6, 6.07) is 17.0. The number of ether oxygens (including phenoxy) is 1. The number of benzene rings is 3. The van der Waals surface area contributed by atoms with Gasteiger partial charge in [-0.25, -0.2) is 4.39 Å². The average Bonchev–Trinajstić information content (AvgIpc) is 3.12. The number of hydrogen-bond acceptors (Lipinski definition) is 4. The van der Waals surface area contributed by atoms with Gasteiger partial charge in [0.15, 0.2) is 5.43 Å². The first kappa shape index (κ1) is 22.2. The van der Waals surface area contributed by atoms with E-state index < -0.39 is 23.2 Å². The Bertz CT molecular complexity index is 1460. The predicted octanol–water partition coefficient (Wildman–Crippen LogP) is 6.51. The highest BCUT2D eigenvalue weighted by Crippen LogP contribution is 2.42. The van der Waals surface area contributed by atoms with E-state index in [0.29, 0.717) is 28.6 Å². The Balaban J connectivity index is 1.72. The van der Waals surface area contributed by atoms with Crippen LogP contribution in [0.25, 0.3) is 11.0 Å². The minimum Gasteiger partial charge on any atom is -0.494 e. The normalized spacial score (nSPS) is 15.1. The number of fused-ring (bicyclic) bond motifs is 2. The van der Waals surface area contributed by atoms with E-state index in [9.17, 15) is 14.0 Å². The summed E-state index contributed by atoms with van der Waals surface area (Å²) in [4.78, 5) is 28.7. The molecule has 0 spiro atoms. The molecule has 1 aliphatic rings. The Morgan fingerprint density at radius 2 is 1.88 bits per heavy atom. The molecule has 5 nitrogen and oxygen atoms in total. The van der Waals surface area contributed by atoms with Crippen molar-refractivity contribution in [1.82, 2.24) is 0 Å². The smallest absolute Gasteiger partial charge is 0.295 e. The first-order chi connectivity index (χ1) is 16.5. The molecule has 34 heavy (non-hydrogen) atoms. The van der Waals surface area contributed by atoms with Crippen LogP contribution in [0.15, 0.2) is 75.9 Å². The highest BCUT2D eigenvalue weighted by molar-refractivity contribution is 6.31. The standard InChI is InChI=1S/C27H21ClFNO4/c1-2-3-12-33-20-9-4-6-16(13-20)24-23-25(31)21-15-18(29)10-11-22(21)34-26(23)27(32)30(24)19-8-5-7-17(28)14-19/h4-11,13-15,24H,2-3,12H2,1H3. The van der Waals surface area contributed by atoms with E-state index in [2.05, 4.69) is 6.92 Å². The van der Waals surface area contributed by atoms with Crippen molar-refractivity contribution in [2.24, 2.45) is 0 Å². The molecule has 0 bridgehead atoms. The molecule has 0 saturated heterocycles. The van der Waals surface area contributed by atoms with Gasteiger partial charge in [-0.05, 0) is 60.5 Å². The van der Waals surface area contributed by atoms with Crippen LogP contribution in [0, 0.1) is 5.82 Å². The number of carbonyl (C=O) groups excluding carboxylic acids is 1. The number of hydrogen-bond donors (Lipinski definition) is 0. The van der Waals surface area contributed by atoms with E-state index in [1.165, 1.54) is 17.0 Å². The molecular formula is C27H21ClFNO4. The number of amides is 1.